The van der Waals surface area contributed by atoms with Gasteiger partial charge in [-0.15, -0.1) is 0 Å². The van der Waals surface area contributed by atoms with E-state index in [1.165, 1.54) is 11.3 Å². The molecule has 0 amide bonds. The first-order valence-electron chi connectivity index (χ1n) is 7.85. The summed E-state index contributed by atoms with van der Waals surface area (Å²) >= 11 is 3.51. The van der Waals surface area contributed by atoms with E-state index in [2.05, 4.69) is 69.4 Å². The Hall–Kier alpha value is -1.61. The first-order chi connectivity index (χ1) is 10.7. The number of carbonyl (C=O) groups excluding carboxylic acids is 1. The number of Topliss-reactive ketones (excluding diaryl/α,β-unsaturated/α-hetero) is 1. The molecule has 2 saturated heterocycles. The van der Waals surface area contributed by atoms with Crippen LogP contribution in [0, 0.1) is 5.92 Å². The highest BCUT2D eigenvalue weighted by Gasteiger charge is 2.47. The summed E-state index contributed by atoms with van der Waals surface area (Å²) in [6.45, 7) is 0. The highest BCUT2D eigenvalue weighted by Crippen LogP contribution is 2.47. The minimum Gasteiger partial charge on any atom is -0.360 e. The van der Waals surface area contributed by atoms with Crippen LogP contribution in [-0.2, 0) is 4.79 Å². The maximum Gasteiger partial charge on any atom is 0.140 e. The van der Waals surface area contributed by atoms with Gasteiger partial charge in [-0.3, -0.25) is 4.79 Å². The molecule has 112 valence electrons. The Kier molecular flexibility index (Phi) is 3.53. The lowest BCUT2D eigenvalue weighted by atomic mass is 9.71. The van der Waals surface area contributed by atoms with E-state index in [9.17, 15) is 4.79 Å². The number of benzene rings is 2. The molecule has 0 spiro atoms. The van der Waals surface area contributed by atoms with Gasteiger partial charge in [-0.1, -0.05) is 46.3 Å². The van der Waals surface area contributed by atoms with Crippen molar-refractivity contribution in [2.45, 2.75) is 31.3 Å². The van der Waals surface area contributed by atoms with Gasteiger partial charge < -0.3 is 4.90 Å². The fourth-order valence-electron chi connectivity index (χ4n) is 4.04. The molecule has 3 fully saturated rings. The Balaban J connectivity index is 1.80. The molecule has 2 aromatic rings. The van der Waals surface area contributed by atoms with Gasteiger partial charge in [0.25, 0.3) is 0 Å². The molecule has 0 radical (unpaired) electrons. The van der Waals surface area contributed by atoms with Crippen LogP contribution in [0.25, 0.3) is 0 Å². The highest BCUT2D eigenvalue weighted by atomic mass is 79.9. The smallest absolute Gasteiger partial charge is 0.140 e. The maximum absolute atomic E-state index is 12.4. The first kappa shape index (κ1) is 14.0. The fraction of sp³-hybridized carbons (Fsp3) is 0.316. The molecule has 22 heavy (non-hydrogen) atoms. The van der Waals surface area contributed by atoms with Crippen LogP contribution in [-0.4, -0.2) is 11.8 Å². The Bertz CT molecular complexity index is 682. The van der Waals surface area contributed by atoms with Crippen LogP contribution in [0.4, 0.5) is 5.69 Å². The van der Waals surface area contributed by atoms with Crippen molar-refractivity contribution in [1.82, 2.24) is 0 Å². The molecule has 3 aliphatic rings. The SMILES string of the molecule is O=C1C[C@@H]2CC[C@H]1[C@@H](c1ccccc1)N2c1ccc(Br)cc1. The number of piperidine rings is 2. The quantitative estimate of drug-likeness (QED) is 0.774. The standard InChI is InChI=1S/C19H18BrNO/c20-14-6-8-15(9-7-14)21-16-10-11-17(18(22)12-16)19(21)13-4-2-1-3-5-13/h1-9,16-17,19H,10-12H2/t16-,17+,19+/m0/s1. The molecular formula is C19H18BrNO. The van der Waals surface area contributed by atoms with Crippen LogP contribution < -0.4 is 4.90 Å². The molecule has 3 heteroatoms. The molecule has 2 heterocycles. The molecule has 3 atom stereocenters. The predicted octanol–water partition coefficient (Wildman–Crippen LogP) is 4.75. The number of hydrogen-bond donors (Lipinski definition) is 0. The molecular weight excluding hydrogens is 338 g/mol. The predicted molar refractivity (Wildman–Crippen MR) is 91.9 cm³/mol. The van der Waals surface area contributed by atoms with Crippen molar-refractivity contribution in [3.8, 4) is 0 Å². The fourth-order valence-corrected chi connectivity index (χ4v) is 4.30. The van der Waals surface area contributed by atoms with Gasteiger partial charge in [0.1, 0.15) is 5.78 Å². The van der Waals surface area contributed by atoms with Crippen molar-refractivity contribution < 1.29 is 4.79 Å². The lowest BCUT2D eigenvalue weighted by Crippen LogP contribution is -2.54. The minimum absolute atomic E-state index is 0.135. The molecule has 0 unspecified atom stereocenters. The normalized spacial score (nSPS) is 27.2. The zero-order chi connectivity index (χ0) is 15.1. The first-order valence-corrected chi connectivity index (χ1v) is 8.65. The average Bonchev–Trinajstić information content (AvgIpc) is 2.56. The number of carbonyl (C=O) groups is 1. The van der Waals surface area contributed by atoms with Crippen molar-refractivity contribution in [2.75, 3.05) is 4.90 Å². The summed E-state index contributed by atoms with van der Waals surface area (Å²) in [4.78, 5) is 14.9. The van der Waals surface area contributed by atoms with Crippen molar-refractivity contribution in [1.29, 1.82) is 0 Å². The molecule has 1 aliphatic carbocycles. The lowest BCUT2D eigenvalue weighted by Gasteiger charge is -2.52. The number of anilines is 1. The molecule has 1 saturated carbocycles. The van der Waals surface area contributed by atoms with Gasteiger partial charge in [0.15, 0.2) is 0 Å². The van der Waals surface area contributed by atoms with Gasteiger partial charge in [-0.2, -0.15) is 0 Å². The highest BCUT2D eigenvalue weighted by molar-refractivity contribution is 9.10. The van der Waals surface area contributed by atoms with E-state index in [1.807, 2.05) is 6.07 Å². The molecule has 2 aliphatic heterocycles. The third-order valence-corrected chi connectivity index (χ3v) is 5.53. The molecule has 2 bridgehead atoms. The van der Waals surface area contributed by atoms with E-state index in [0.717, 1.165) is 17.3 Å². The van der Waals surface area contributed by atoms with Gasteiger partial charge in [-0.05, 0) is 42.7 Å². The van der Waals surface area contributed by atoms with Gasteiger partial charge in [-0.25, -0.2) is 0 Å². The number of hydrogen-bond acceptors (Lipinski definition) is 2. The summed E-state index contributed by atoms with van der Waals surface area (Å²) in [5, 5.41) is 0. The largest absolute Gasteiger partial charge is 0.360 e. The van der Waals surface area contributed by atoms with Crippen molar-refractivity contribution in [2.24, 2.45) is 5.92 Å². The Morgan fingerprint density at radius 2 is 1.68 bits per heavy atom. The van der Waals surface area contributed by atoms with Gasteiger partial charge >= 0.3 is 0 Å². The minimum atomic E-state index is 0.135. The number of fused-ring (bicyclic) bond motifs is 3. The summed E-state index contributed by atoms with van der Waals surface area (Å²) in [5.74, 6) is 0.578. The third-order valence-electron chi connectivity index (χ3n) is 5.00. The van der Waals surface area contributed by atoms with Gasteiger partial charge in [0.2, 0.25) is 0 Å². The van der Waals surface area contributed by atoms with E-state index in [-0.39, 0.29) is 12.0 Å². The number of ketones is 1. The van der Waals surface area contributed by atoms with Crippen LogP contribution in [0.3, 0.4) is 0 Å². The van der Waals surface area contributed by atoms with Gasteiger partial charge in [0.05, 0.1) is 6.04 Å². The van der Waals surface area contributed by atoms with Crippen LogP contribution in [0.5, 0.6) is 0 Å². The second-order valence-electron chi connectivity index (χ2n) is 6.25. The molecule has 0 aromatic heterocycles. The lowest BCUT2D eigenvalue weighted by molar-refractivity contribution is -0.128. The van der Waals surface area contributed by atoms with E-state index in [1.54, 1.807) is 0 Å². The zero-order valence-electron chi connectivity index (χ0n) is 12.3. The van der Waals surface area contributed by atoms with Crippen molar-refractivity contribution >= 4 is 27.4 Å². The summed E-state index contributed by atoms with van der Waals surface area (Å²) in [7, 11) is 0. The molecule has 0 N–H and O–H groups in total. The summed E-state index contributed by atoms with van der Waals surface area (Å²) in [6, 6.07) is 19.5. The van der Waals surface area contributed by atoms with Gasteiger partial charge in [0, 0.05) is 28.5 Å². The van der Waals surface area contributed by atoms with Crippen molar-refractivity contribution in [3.05, 3.63) is 64.6 Å². The molecule has 2 aromatic carbocycles. The Labute approximate surface area is 139 Å². The average molecular weight is 356 g/mol. The topological polar surface area (TPSA) is 20.3 Å². The Morgan fingerprint density at radius 1 is 0.955 bits per heavy atom. The second-order valence-corrected chi connectivity index (χ2v) is 7.16. The van der Waals surface area contributed by atoms with E-state index in [4.69, 9.17) is 0 Å². The third kappa shape index (κ3) is 2.28. The monoisotopic (exact) mass is 355 g/mol. The Morgan fingerprint density at radius 3 is 2.36 bits per heavy atom. The van der Waals surface area contributed by atoms with Crippen LogP contribution >= 0.6 is 15.9 Å². The van der Waals surface area contributed by atoms with Crippen LogP contribution in [0.1, 0.15) is 30.9 Å². The van der Waals surface area contributed by atoms with E-state index >= 15 is 0 Å². The number of rotatable bonds is 2. The molecule has 2 nitrogen and oxygen atoms in total. The van der Waals surface area contributed by atoms with E-state index < -0.39 is 0 Å². The second kappa shape index (κ2) is 5.54. The number of nitrogens with zero attached hydrogens (tertiary/aromatic N) is 1. The zero-order valence-corrected chi connectivity index (χ0v) is 13.9. The molecule has 5 rings (SSSR count). The van der Waals surface area contributed by atoms with Crippen LogP contribution in [0.2, 0.25) is 0 Å². The summed E-state index contributed by atoms with van der Waals surface area (Å²) in [5.41, 5.74) is 2.48. The maximum atomic E-state index is 12.4. The van der Waals surface area contributed by atoms with Crippen LogP contribution in [0.15, 0.2) is 59.1 Å². The summed E-state index contributed by atoms with van der Waals surface area (Å²) < 4.78 is 1.09. The summed E-state index contributed by atoms with van der Waals surface area (Å²) in [6.07, 6.45) is 2.84. The number of halogens is 1. The van der Waals surface area contributed by atoms with Crippen molar-refractivity contribution in [3.63, 3.8) is 0 Å². The van der Waals surface area contributed by atoms with E-state index in [0.29, 0.717) is 18.2 Å².